The molecule has 18 heavy (non-hydrogen) atoms. The van der Waals surface area contributed by atoms with Crippen LogP contribution in [-0.4, -0.2) is 35.6 Å². The van der Waals surface area contributed by atoms with Gasteiger partial charge in [-0.3, -0.25) is 0 Å². The van der Waals surface area contributed by atoms with Gasteiger partial charge in [0, 0.05) is 13.7 Å². The number of nitrogens with zero attached hydrogens (tertiary/aromatic N) is 2. The molecule has 1 unspecified atom stereocenters. The summed E-state index contributed by atoms with van der Waals surface area (Å²) < 4.78 is 6.10. The Balaban J connectivity index is 1.99. The van der Waals surface area contributed by atoms with Crippen molar-refractivity contribution in [2.45, 2.75) is 18.7 Å². The summed E-state index contributed by atoms with van der Waals surface area (Å²) in [7, 11) is 1.66. The summed E-state index contributed by atoms with van der Waals surface area (Å²) in [5.41, 5.74) is 2.21. The fourth-order valence-electron chi connectivity index (χ4n) is 1.71. The molecule has 0 aliphatic carbocycles. The number of fused-ring (bicyclic) bond motifs is 1. The molecule has 2 rings (SSSR count). The smallest absolute Gasteiger partial charge is 0.147 e. The zero-order valence-corrected chi connectivity index (χ0v) is 12.0. The zero-order valence-electron chi connectivity index (χ0n) is 10.4. The van der Waals surface area contributed by atoms with E-state index in [9.17, 15) is 0 Å². The average molecular weight is 286 g/mol. The second-order valence-corrected chi connectivity index (χ2v) is 5.58. The molecule has 2 heterocycles. The molecular weight excluding hydrogens is 270 g/mol. The summed E-state index contributed by atoms with van der Waals surface area (Å²) in [5.74, 6) is 0.888. The maximum absolute atomic E-state index is 6.07. The molecule has 98 valence electrons. The average Bonchev–Trinajstić information content (AvgIpc) is 2.73. The Morgan fingerprint density at radius 3 is 3.11 bits per heavy atom. The van der Waals surface area contributed by atoms with Crippen LogP contribution in [0.5, 0.6) is 0 Å². The molecule has 0 bridgehead atoms. The van der Waals surface area contributed by atoms with E-state index in [-0.39, 0.29) is 5.38 Å². The minimum atomic E-state index is 0.0323. The first-order chi connectivity index (χ1) is 8.72. The molecule has 0 radical (unpaired) electrons. The zero-order chi connectivity index (χ0) is 13.0. The van der Waals surface area contributed by atoms with Crippen molar-refractivity contribution >= 4 is 39.0 Å². The van der Waals surface area contributed by atoms with Crippen LogP contribution in [0, 0.1) is 6.92 Å². The van der Waals surface area contributed by atoms with E-state index >= 15 is 0 Å². The Morgan fingerprint density at radius 1 is 1.50 bits per heavy atom. The van der Waals surface area contributed by atoms with Crippen molar-refractivity contribution in [1.29, 1.82) is 0 Å². The van der Waals surface area contributed by atoms with Gasteiger partial charge in [0.1, 0.15) is 12.1 Å². The Hall–Kier alpha value is -0.910. The summed E-state index contributed by atoms with van der Waals surface area (Å²) >= 11 is 7.74. The molecule has 0 saturated heterocycles. The van der Waals surface area contributed by atoms with Crippen LogP contribution in [0.4, 0.5) is 5.82 Å². The Morgan fingerprint density at radius 2 is 2.33 bits per heavy atom. The lowest BCUT2D eigenvalue weighted by molar-refractivity contribution is 0.196. The van der Waals surface area contributed by atoms with E-state index in [1.165, 1.54) is 5.56 Å². The van der Waals surface area contributed by atoms with Gasteiger partial charge in [0.2, 0.25) is 0 Å². The topological polar surface area (TPSA) is 47.0 Å². The summed E-state index contributed by atoms with van der Waals surface area (Å²) in [5, 5.41) is 5.44. The predicted molar refractivity (Wildman–Crippen MR) is 76.8 cm³/mol. The Bertz CT molecular complexity index is 517. The molecule has 2 aromatic rings. The highest BCUT2D eigenvalue weighted by molar-refractivity contribution is 7.18. The van der Waals surface area contributed by atoms with Crippen molar-refractivity contribution in [2.24, 2.45) is 0 Å². The largest absolute Gasteiger partial charge is 0.383 e. The molecule has 0 spiro atoms. The van der Waals surface area contributed by atoms with Crippen molar-refractivity contribution in [1.82, 2.24) is 9.97 Å². The molecule has 0 saturated carbocycles. The number of halogens is 1. The molecule has 0 amide bonds. The fraction of sp³-hybridized carbons (Fsp3) is 0.500. The van der Waals surface area contributed by atoms with Crippen molar-refractivity contribution in [3.8, 4) is 0 Å². The summed E-state index contributed by atoms with van der Waals surface area (Å²) in [6, 6.07) is 0. The number of hydrogen-bond donors (Lipinski definition) is 1. The first-order valence-electron chi connectivity index (χ1n) is 5.78. The van der Waals surface area contributed by atoms with Gasteiger partial charge in [0.25, 0.3) is 0 Å². The second-order valence-electron chi connectivity index (χ2n) is 4.09. The number of methoxy groups -OCH3 is 1. The number of alkyl halides is 1. The first kappa shape index (κ1) is 13.5. The molecule has 4 nitrogen and oxygen atoms in total. The van der Waals surface area contributed by atoms with Gasteiger partial charge in [-0.2, -0.15) is 0 Å². The third kappa shape index (κ3) is 3.10. The highest BCUT2D eigenvalue weighted by atomic mass is 35.5. The van der Waals surface area contributed by atoms with Crippen LogP contribution in [0.25, 0.3) is 10.2 Å². The van der Waals surface area contributed by atoms with Crippen LogP contribution >= 0.6 is 22.9 Å². The van der Waals surface area contributed by atoms with Gasteiger partial charge in [-0.25, -0.2) is 9.97 Å². The SMILES string of the molecule is COCC(Cl)CCNc1ncnc2c(C)csc12. The number of rotatable bonds is 6. The quantitative estimate of drug-likeness (QED) is 0.829. The monoisotopic (exact) mass is 285 g/mol. The third-order valence-electron chi connectivity index (χ3n) is 2.63. The molecule has 0 aromatic carbocycles. The summed E-state index contributed by atoms with van der Waals surface area (Å²) in [6.45, 7) is 3.41. The first-order valence-corrected chi connectivity index (χ1v) is 7.09. The van der Waals surface area contributed by atoms with E-state index in [1.54, 1.807) is 24.8 Å². The summed E-state index contributed by atoms with van der Waals surface area (Å²) in [6.07, 6.45) is 2.43. The lowest BCUT2D eigenvalue weighted by Gasteiger charge is -2.09. The van der Waals surface area contributed by atoms with E-state index in [0.717, 1.165) is 29.0 Å². The molecule has 1 N–H and O–H groups in total. The van der Waals surface area contributed by atoms with Gasteiger partial charge in [0.15, 0.2) is 0 Å². The molecule has 0 fully saturated rings. The fourth-order valence-corrected chi connectivity index (χ4v) is 2.91. The van der Waals surface area contributed by atoms with E-state index in [1.807, 2.05) is 0 Å². The predicted octanol–water partition coefficient (Wildman–Crippen LogP) is 3.06. The van der Waals surface area contributed by atoms with Crippen molar-refractivity contribution in [2.75, 3.05) is 25.6 Å². The second kappa shape index (κ2) is 6.31. The van der Waals surface area contributed by atoms with Crippen LogP contribution in [0.1, 0.15) is 12.0 Å². The van der Waals surface area contributed by atoms with Crippen LogP contribution in [0.2, 0.25) is 0 Å². The van der Waals surface area contributed by atoms with Gasteiger partial charge in [0.05, 0.1) is 22.2 Å². The van der Waals surface area contributed by atoms with E-state index in [0.29, 0.717) is 6.61 Å². The van der Waals surface area contributed by atoms with E-state index in [2.05, 4.69) is 27.6 Å². The van der Waals surface area contributed by atoms with Crippen LogP contribution in [-0.2, 0) is 4.74 Å². The number of ether oxygens (including phenoxy) is 1. The lowest BCUT2D eigenvalue weighted by Crippen LogP contribution is -2.14. The van der Waals surface area contributed by atoms with Gasteiger partial charge in [-0.15, -0.1) is 22.9 Å². The number of aromatic nitrogens is 2. The normalized spacial score (nSPS) is 12.8. The standard InChI is InChI=1S/C12H16ClN3OS/c1-8-6-18-11-10(8)15-7-16-12(11)14-4-3-9(13)5-17-2/h6-7,9H,3-5H2,1-2H3,(H,14,15,16). The minimum Gasteiger partial charge on any atom is -0.383 e. The van der Waals surface area contributed by atoms with Crippen molar-refractivity contribution in [3.05, 3.63) is 17.3 Å². The maximum Gasteiger partial charge on any atom is 0.147 e. The summed E-state index contributed by atoms with van der Waals surface area (Å²) in [4.78, 5) is 8.56. The number of hydrogen-bond acceptors (Lipinski definition) is 5. The number of anilines is 1. The van der Waals surface area contributed by atoms with Gasteiger partial charge in [-0.1, -0.05) is 0 Å². The highest BCUT2D eigenvalue weighted by Gasteiger charge is 2.08. The number of aryl methyl sites for hydroxylation is 1. The maximum atomic E-state index is 6.07. The van der Waals surface area contributed by atoms with Crippen LogP contribution < -0.4 is 5.32 Å². The van der Waals surface area contributed by atoms with Gasteiger partial charge >= 0.3 is 0 Å². The highest BCUT2D eigenvalue weighted by Crippen LogP contribution is 2.28. The van der Waals surface area contributed by atoms with Crippen molar-refractivity contribution < 1.29 is 4.74 Å². The third-order valence-corrected chi connectivity index (χ3v) is 4.07. The lowest BCUT2D eigenvalue weighted by atomic mass is 10.3. The molecule has 0 aliphatic rings. The van der Waals surface area contributed by atoms with Crippen molar-refractivity contribution in [3.63, 3.8) is 0 Å². The molecule has 6 heteroatoms. The van der Waals surface area contributed by atoms with Crippen LogP contribution in [0.15, 0.2) is 11.7 Å². The van der Waals surface area contributed by atoms with Gasteiger partial charge < -0.3 is 10.1 Å². The number of nitrogens with one attached hydrogen (secondary N) is 1. The number of thiophene rings is 1. The van der Waals surface area contributed by atoms with Crippen LogP contribution in [0.3, 0.4) is 0 Å². The Labute approximate surface area is 115 Å². The molecule has 2 aromatic heterocycles. The minimum absolute atomic E-state index is 0.0323. The Kier molecular flexibility index (Phi) is 4.74. The molecule has 1 atom stereocenters. The van der Waals surface area contributed by atoms with E-state index < -0.39 is 0 Å². The van der Waals surface area contributed by atoms with E-state index in [4.69, 9.17) is 16.3 Å². The molecular formula is C12H16ClN3OS. The van der Waals surface area contributed by atoms with Gasteiger partial charge in [-0.05, 0) is 24.3 Å². The molecule has 0 aliphatic heterocycles.